The van der Waals surface area contributed by atoms with Crippen molar-refractivity contribution in [3.05, 3.63) is 71.3 Å². The van der Waals surface area contributed by atoms with Crippen molar-refractivity contribution in [2.75, 3.05) is 0 Å². The van der Waals surface area contributed by atoms with E-state index in [4.69, 9.17) is 0 Å². The number of nitrogens with zero attached hydrogens (tertiary/aromatic N) is 2. The van der Waals surface area contributed by atoms with E-state index in [0.717, 1.165) is 21.7 Å². The lowest BCUT2D eigenvalue weighted by atomic mass is 9.92. The van der Waals surface area contributed by atoms with Crippen LogP contribution >= 0.6 is 0 Å². The van der Waals surface area contributed by atoms with E-state index in [1.165, 1.54) is 6.21 Å². The van der Waals surface area contributed by atoms with Gasteiger partial charge in [0, 0.05) is 0 Å². The minimum Gasteiger partial charge on any atom is -0.318 e. The van der Waals surface area contributed by atoms with E-state index in [9.17, 15) is 9.59 Å². The molecule has 1 aliphatic rings. The molecule has 23 heavy (non-hydrogen) atoms. The molecule has 0 spiro atoms. The lowest BCUT2D eigenvalue weighted by molar-refractivity contribution is -0.131. The number of carbonyl (C=O) groups is 2. The first-order chi connectivity index (χ1) is 11.0. The van der Waals surface area contributed by atoms with Crippen LogP contribution in [-0.4, -0.2) is 23.2 Å². The van der Waals surface area contributed by atoms with Crippen LogP contribution in [0.1, 0.15) is 23.6 Å². The summed E-state index contributed by atoms with van der Waals surface area (Å²) in [6, 6.07) is 16.3. The van der Waals surface area contributed by atoms with Gasteiger partial charge in [0.05, 0.1) is 6.21 Å². The topological polar surface area (TPSA) is 61.8 Å². The molecule has 3 rings (SSSR count). The van der Waals surface area contributed by atoms with Crippen LogP contribution in [0.15, 0.2) is 59.7 Å². The third-order valence-corrected chi connectivity index (χ3v) is 4.02. The number of amides is 3. The minimum atomic E-state index is -1.10. The number of nitrogens with one attached hydrogen (secondary N) is 1. The molecule has 2 aromatic rings. The quantitative estimate of drug-likeness (QED) is 0.700. The molecule has 0 aromatic heterocycles. The van der Waals surface area contributed by atoms with E-state index >= 15 is 0 Å². The largest absolute Gasteiger partial charge is 0.346 e. The van der Waals surface area contributed by atoms with Crippen molar-refractivity contribution in [3.8, 4) is 0 Å². The molecular formula is C18H17N3O2. The van der Waals surface area contributed by atoms with Gasteiger partial charge in [-0.2, -0.15) is 5.10 Å². The van der Waals surface area contributed by atoms with Gasteiger partial charge in [-0.3, -0.25) is 4.79 Å². The van der Waals surface area contributed by atoms with Crippen molar-refractivity contribution < 1.29 is 9.59 Å². The van der Waals surface area contributed by atoms with Crippen LogP contribution in [0, 0.1) is 6.92 Å². The standard InChI is InChI=1S/C18H17N3O2/c1-13-8-6-7-9-14(13)12-19-21-16(22)18(2,20-17(21)23)15-10-4-3-5-11-15/h3-12H,1-2H3,(H,20,23)/b19-12-/t18-/m1/s1. The van der Waals surface area contributed by atoms with Gasteiger partial charge in [-0.15, -0.1) is 5.01 Å². The highest BCUT2D eigenvalue weighted by atomic mass is 16.2. The Hall–Kier alpha value is -2.95. The molecule has 0 radical (unpaired) electrons. The van der Waals surface area contributed by atoms with Crippen molar-refractivity contribution in [1.82, 2.24) is 10.3 Å². The fourth-order valence-electron chi connectivity index (χ4n) is 2.55. The smallest absolute Gasteiger partial charge is 0.318 e. The average Bonchev–Trinajstić information content (AvgIpc) is 2.78. The number of hydrazone groups is 1. The predicted octanol–water partition coefficient (Wildman–Crippen LogP) is 2.80. The Morgan fingerprint density at radius 3 is 2.39 bits per heavy atom. The number of aryl methyl sites for hydroxylation is 1. The van der Waals surface area contributed by atoms with E-state index in [1.807, 2.05) is 61.5 Å². The van der Waals surface area contributed by atoms with E-state index in [-0.39, 0.29) is 0 Å². The zero-order chi connectivity index (χ0) is 16.4. The molecule has 1 heterocycles. The highest BCUT2D eigenvalue weighted by Crippen LogP contribution is 2.28. The number of urea groups is 1. The molecule has 1 atom stereocenters. The maximum absolute atomic E-state index is 12.7. The summed E-state index contributed by atoms with van der Waals surface area (Å²) in [5.41, 5.74) is 1.52. The maximum atomic E-state index is 12.7. The van der Waals surface area contributed by atoms with Crippen molar-refractivity contribution >= 4 is 18.2 Å². The number of benzene rings is 2. The molecule has 0 unspecified atom stereocenters. The highest BCUT2D eigenvalue weighted by Gasteiger charge is 2.49. The molecule has 0 aliphatic carbocycles. The molecule has 5 nitrogen and oxygen atoms in total. The fourth-order valence-corrected chi connectivity index (χ4v) is 2.55. The number of carbonyl (C=O) groups excluding carboxylic acids is 2. The number of hydrogen-bond acceptors (Lipinski definition) is 3. The van der Waals surface area contributed by atoms with Crippen molar-refractivity contribution in [3.63, 3.8) is 0 Å². The summed E-state index contributed by atoms with van der Waals surface area (Å²) in [4.78, 5) is 24.8. The Morgan fingerprint density at radius 2 is 1.70 bits per heavy atom. The second kappa shape index (κ2) is 5.68. The summed E-state index contributed by atoms with van der Waals surface area (Å²) in [6.45, 7) is 3.63. The van der Waals surface area contributed by atoms with Crippen LogP contribution < -0.4 is 5.32 Å². The van der Waals surface area contributed by atoms with Crippen LogP contribution in [0.5, 0.6) is 0 Å². The van der Waals surface area contributed by atoms with E-state index in [0.29, 0.717) is 0 Å². The average molecular weight is 307 g/mol. The molecule has 1 aliphatic heterocycles. The molecule has 116 valence electrons. The Kier molecular flexibility index (Phi) is 3.70. The van der Waals surface area contributed by atoms with Crippen molar-refractivity contribution in [2.24, 2.45) is 5.10 Å². The number of rotatable bonds is 3. The molecule has 0 bridgehead atoms. The number of hydrogen-bond donors (Lipinski definition) is 1. The molecule has 0 saturated carbocycles. The Morgan fingerprint density at radius 1 is 1.04 bits per heavy atom. The highest BCUT2D eigenvalue weighted by molar-refractivity contribution is 6.07. The maximum Gasteiger partial charge on any atom is 0.346 e. The van der Waals surface area contributed by atoms with Crippen LogP contribution in [0.4, 0.5) is 4.79 Å². The fraction of sp³-hybridized carbons (Fsp3) is 0.167. The summed E-state index contributed by atoms with van der Waals surface area (Å²) in [5, 5.41) is 7.69. The minimum absolute atomic E-state index is 0.390. The first-order valence-corrected chi connectivity index (χ1v) is 7.34. The van der Waals surface area contributed by atoms with E-state index < -0.39 is 17.5 Å². The van der Waals surface area contributed by atoms with Crippen LogP contribution in [0.2, 0.25) is 0 Å². The summed E-state index contributed by atoms with van der Waals surface area (Å²) in [5.74, 6) is -0.390. The van der Waals surface area contributed by atoms with Crippen LogP contribution in [0.25, 0.3) is 0 Å². The second-order valence-corrected chi connectivity index (χ2v) is 5.64. The van der Waals surface area contributed by atoms with Crippen molar-refractivity contribution in [2.45, 2.75) is 19.4 Å². The van der Waals surface area contributed by atoms with Gasteiger partial charge in [0.1, 0.15) is 5.54 Å². The van der Waals surface area contributed by atoms with Gasteiger partial charge in [0.2, 0.25) is 0 Å². The molecule has 3 amide bonds. The lowest BCUT2D eigenvalue weighted by Crippen LogP contribution is -2.40. The van der Waals surface area contributed by atoms with Gasteiger partial charge < -0.3 is 5.32 Å². The van der Waals surface area contributed by atoms with Gasteiger partial charge >= 0.3 is 6.03 Å². The molecule has 1 saturated heterocycles. The third-order valence-electron chi connectivity index (χ3n) is 4.02. The molecule has 2 aromatic carbocycles. The SMILES string of the molecule is Cc1ccccc1/C=N\N1C(=O)N[C@](C)(c2ccccc2)C1=O. The summed E-state index contributed by atoms with van der Waals surface area (Å²) in [7, 11) is 0. The monoisotopic (exact) mass is 307 g/mol. The van der Waals surface area contributed by atoms with E-state index in [1.54, 1.807) is 6.92 Å². The lowest BCUT2D eigenvalue weighted by Gasteiger charge is -2.20. The molecular weight excluding hydrogens is 290 g/mol. The van der Waals surface area contributed by atoms with Gasteiger partial charge in [-0.05, 0) is 30.5 Å². The molecule has 1 fully saturated rings. The zero-order valence-electron chi connectivity index (χ0n) is 13.0. The summed E-state index contributed by atoms with van der Waals surface area (Å²) < 4.78 is 0. The normalized spacial score (nSPS) is 21.0. The molecule has 5 heteroatoms. The van der Waals surface area contributed by atoms with Gasteiger partial charge in [-0.25, -0.2) is 4.79 Å². The second-order valence-electron chi connectivity index (χ2n) is 5.64. The first-order valence-electron chi connectivity index (χ1n) is 7.34. The zero-order valence-corrected chi connectivity index (χ0v) is 13.0. The predicted molar refractivity (Wildman–Crippen MR) is 87.9 cm³/mol. The van der Waals surface area contributed by atoms with Crippen molar-refractivity contribution in [1.29, 1.82) is 0 Å². The Labute approximate surface area is 134 Å². The van der Waals surface area contributed by atoms with E-state index in [2.05, 4.69) is 10.4 Å². The van der Waals surface area contributed by atoms with Gasteiger partial charge in [0.15, 0.2) is 0 Å². The Bertz CT molecular complexity index is 786. The Balaban J connectivity index is 1.89. The van der Waals surface area contributed by atoms with Gasteiger partial charge in [-0.1, -0.05) is 54.6 Å². The first kappa shape index (κ1) is 15.0. The summed E-state index contributed by atoms with van der Waals surface area (Å²) in [6.07, 6.45) is 1.53. The molecule has 1 N–H and O–H groups in total. The summed E-state index contributed by atoms with van der Waals surface area (Å²) >= 11 is 0. The van der Waals surface area contributed by atoms with Crippen LogP contribution in [-0.2, 0) is 10.3 Å². The van der Waals surface area contributed by atoms with Gasteiger partial charge in [0.25, 0.3) is 5.91 Å². The third kappa shape index (κ3) is 2.61. The van der Waals surface area contributed by atoms with Crippen LogP contribution in [0.3, 0.4) is 0 Å². The number of imide groups is 1.